The maximum absolute atomic E-state index is 12.5. The van der Waals surface area contributed by atoms with Crippen LogP contribution < -0.4 is 4.74 Å². The number of aryl methyl sites for hydroxylation is 2. The molecule has 0 aliphatic heterocycles. The third-order valence-corrected chi connectivity index (χ3v) is 6.12. The van der Waals surface area contributed by atoms with Gasteiger partial charge in [-0.1, -0.05) is 36.8 Å². The quantitative estimate of drug-likeness (QED) is 0.492. The van der Waals surface area contributed by atoms with Gasteiger partial charge >= 0.3 is 6.09 Å². The Labute approximate surface area is 195 Å². The lowest BCUT2D eigenvalue weighted by atomic mass is 9.98. The standard InChI is InChI=1S/C26H32N4O3/c1-19-25(33-21-12-8-5-9-13-21)15-14-23(28-19)22-16-27-30(3)24(22)17-29(2)26(31)32-18-20-10-6-4-7-11-20/h4,6-7,10-11,14-16,21H,5,8-9,12-13,17-18H2,1-3H3. The monoisotopic (exact) mass is 448 g/mol. The van der Waals surface area contributed by atoms with E-state index in [2.05, 4.69) is 5.10 Å². The van der Waals surface area contributed by atoms with Crippen molar-refractivity contribution in [3.63, 3.8) is 0 Å². The van der Waals surface area contributed by atoms with E-state index in [9.17, 15) is 4.79 Å². The number of benzene rings is 1. The molecule has 7 heteroatoms. The Hall–Kier alpha value is -3.35. The van der Waals surface area contributed by atoms with Crippen LogP contribution in [-0.2, 0) is 24.9 Å². The fraction of sp³-hybridized carbons (Fsp3) is 0.423. The van der Waals surface area contributed by atoms with E-state index in [0.717, 1.165) is 46.8 Å². The van der Waals surface area contributed by atoms with Crippen LogP contribution in [0.25, 0.3) is 11.3 Å². The van der Waals surface area contributed by atoms with Crippen LogP contribution in [0.5, 0.6) is 5.75 Å². The Morgan fingerprint density at radius 3 is 2.61 bits per heavy atom. The number of amides is 1. The molecular weight excluding hydrogens is 416 g/mol. The second-order valence-corrected chi connectivity index (χ2v) is 8.68. The number of carbonyl (C=O) groups excluding carboxylic acids is 1. The van der Waals surface area contributed by atoms with E-state index >= 15 is 0 Å². The van der Waals surface area contributed by atoms with E-state index in [1.807, 2.05) is 56.4 Å². The molecule has 3 aromatic rings. The van der Waals surface area contributed by atoms with Crippen LogP contribution in [0.3, 0.4) is 0 Å². The lowest BCUT2D eigenvalue weighted by molar-refractivity contribution is 0.102. The summed E-state index contributed by atoms with van der Waals surface area (Å²) in [5, 5.41) is 4.41. The normalized spacial score (nSPS) is 14.2. The van der Waals surface area contributed by atoms with Gasteiger partial charge in [-0.05, 0) is 50.3 Å². The molecule has 1 amide bonds. The molecule has 1 aromatic carbocycles. The van der Waals surface area contributed by atoms with E-state index in [0.29, 0.717) is 6.54 Å². The van der Waals surface area contributed by atoms with Gasteiger partial charge in [0.1, 0.15) is 12.4 Å². The van der Waals surface area contributed by atoms with Crippen molar-refractivity contribution in [1.82, 2.24) is 19.7 Å². The van der Waals surface area contributed by atoms with Gasteiger partial charge in [0.05, 0.1) is 35.9 Å². The zero-order chi connectivity index (χ0) is 23.2. The molecule has 2 heterocycles. The van der Waals surface area contributed by atoms with Gasteiger partial charge in [0, 0.05) is 19.7 Å². The molecular formula is C26H32N4O3. The number of hydrogen-bond donors (Lipinski definition) is 0. The Bertz CT molecular complexity index is 1070. The molecule has 1 aliphatic carbocycles. The van der Waals surface area contributed by atoms with Crippen molar-refractivity contribution in [3.8, 4) is 17.0 Å². The topological polar surface area (TPSA) is 69.5 Å². The van der Waals surface area contributed by atoms with Gasteiger partial charge in [-0.3, -0.25) is 4.68 Å². The van der Waals surface area contributed by atoms with Gasteiger partial charge in [-0.25, -0.2) is 9.78 Å². The first-order valence-corrected chi connectivity index (χ1v) is 11.6. The molecule has 0 N–H and O–H groups in total. The predicted molar refractivity (Wildman–Crippen MR) is 127 cm³/mol. The average Bonchev–Trinajstić information content (AvgIpc) is 3.20. The van der Waals surface area contributed by atoms with Gasteiger partial charge in [-0.15, -0.1) is 0 Å². The molecule has 1 saturated carbocycles. The molecule has 7 nitrogen and oxygen atoms in total. The number of carbonyl (C=O) groups is 1. The first-order chi connectivity index (χ1) is 16.0. The van der Waals surface area contributed by atoms with E-state index < -0.39 is 0 Å². The second kappa shape index (κ2) is 10.5. The zero-order valence-corrected chi connectivity index (χ0v) is 19.7. The molecule has 174 valence electrons. The number of pyridine rings is 1. The Morgan fingerprint density at radius 2 is 1.88 bits per heavy atom. The SMILES string of the molecule is Cc1nc(-c2cnn(C)c2CN(C)C(=O)OCc2ccccc2)ccc1OC1CCCCC1. The van der Waals surface area contributed by atoms with Crippen molar-refractivity contribution < 1.29 is 14.3 Å². The lowest BCUT2D eigenvalue weighted by Crippen LogP contribution is -2.28. The van der Waals surface area contributed by atoms with Crippen LogP contribution in [0.1, 0.15) is 49.1 Å². The van der Waals surface area contributed by atoms with Crippen molar-refractivity contribution in [2.24, 2.45) is 7.05 Å². The summed E-state index contributed by atoms with van der Waals surface area (Å²) in [5.41, 5.74) is 4.42. The minimum atomic E-state index is -0.383. The zero-order valence-electron chi connectivity index (χ0n) is 19.7. The minimum absolute atomic E-state index is 0.242. The van der Waals surface area contributed by atoms with Gasteiger partial charge in [-0.2, -0.15) is 5.10 Å². The number of nitrogens with zero attached hydrogens (tertiary/aromatic N) is 4. The first-order valence-electron chi connectivity index (χ1n) is 11.6. The number of hydrogen-bond acceptors (Lipinski definition) is 5. The molecule has 1 fully saturated rings. The third kappa shape index (κ3) is 5.72. The van der Waals surface area contributed by atoms with Crippen molar-refractivity contribution >= 4 is 6.09 Å². The Kier molecular flexibility index (Phi) is 7.27. The molecule has 0 radical (unpaired) electrons. The highest BCUT2D eigenvalue weighted by Crippen LogP contribution is 2.29. The molecule has 1 aliphatic rings. The van der Waals surface area contributed by atoms with Gasteiger partial charge in [0.2, 0.25) is 0 Å². The summed E-state index contributed by atoms with van der Waals surface area (Å²) in [5.74, 6) is 0.845. The Morgan fingerprint density at radius 1 is 1.12 bits per heavy atom. The highest BCUT2D eigenvalue weighted by Gasteiger charge is 2.20. The molecule has 0 saturated heterocycles. The number of rotatable bonds is 7. The third-order valence-electron chi connectivity index (χ3n) is 6.12. The molecule has 0 unspecified atom stereocenters. The predicted octanol–water partition coefficient (Wildman–Crippen LogP) is 5.27. The van der Waals surface area contributed by atoms with Gasteiger partial charge < -0.3 is 14.4 Å². The summed E-state index contributed by atoms with van der Waals surface area (Å²) in [7, 11) is 3.60. The summed E-state index contributed by atoms with van der Waals surface area (Å²) in [6.45, 7) is 2.58. The maximum Gasteiger partial charge on any atom is 0.410 e. The van der Waals surface area contributed by atoms with Gasteiger partial charge in [0.15, 0.2) is 0 Å². The van der Waals surface area contributed by atoms with Crippen molar-refractivity contribution in [2.75, 3.05) is 7.05 Å². The van der Waals surface area contributed by atoms with Crippen LogP contribution in [0, 0.1) is 6.92 Å². The fourth-order valence-corrected chi connectivity index (χ4v) is 4.17. The summed E-state index contributed by atoms with van der Waals surface area (Å²) in [6, 6.07) is 13.6. The minimum Gasteiger partial charge on any atom is -0.489 e. The van der Waals surface area contributed by atoms with E-state index in [-0.39, 0.29) is 18.8 Å². The summed E-state index contributed by atoms with van der Waals surface area (Å²) in [6.07, 6.45) is 7.68. The second-order valence-electron chi connectivity index (χ2n) is 8.68. The smallest absolute Gasteiger partial charge is 0.410 e. The Balaban J connectivity index is 1.43. The van der Waals surface area contributed by atoms with Crippen LogP contribution in [0.2, 0.25) is 0 Å². The fourth-order valence-electron chi connectivity index (χ4n) is 4.17. The first kappa shape index (κ1) is 22.8. The molecule has 0 spiro atoms. The van der Waals surface area contributed by atoms with Crippen molar-refractivity contribution in [1.29, 1.82) is 0 Å². The van der Waals surface area contributed by atoms with Crippen LogP contribution in [0.15, 0.2) is 48.7 Å². The average molecular weight is 449 g/mol. The highest BCUT2D eigenvalue weighted by atomic mass is 16.6. The number of aromatic nitrogens is 3. The van der Waals surface area contributed by atoms with E-state index in [1.165, 1.54) is 19.3 Å². The van der Waals surface area contributed by atoms with E-state index in [4.69, 9.17) is 14.5 Å². The summed E-state index contributed by atoms with van der Waals surface area (Å²) >= 11 is 0. The van der Waals surface area contributed by atoms with Crippen LogP contribution in [-0.4, -0.2) is 38.9 Å². The lowest BCUT2D eigenvalue weighted by Gasteiger charge is -2.23. The largest absolute Gasteiger partial charge is 0.489 e. The van der Waals surface area contributed by atoms with Crippen molar-refractivity contribution in [2.45, 2.75) is 58.3 Å². The molecule has 33 heavy (non-hydrogen) atoms. The maximum atomic E-state index is 12.5. The van der Waals surface area contributed by atoms with Gasteiger partial charge in [0.25, 0.3) is 0 Å². The van der Waals surface area contributed by atoms with E-state index in [1.54, 1.807) is 22.8 Å². The van der Waals surface area contributed by atoms with Crippen molar-refractivity contribution in [3.05, 3.63) is 65.6 Å². The molecule has 0 bridgehead atoms. The molecule has 4 rings (SSSR count). The molecule has 2 aromatic heterocycles. The highest BCUT2D eigenvalue weighted by molar-refractivity contribution is 5.68. The molecule has 0 atom stereocenters. The van der Waals surface area contributed by atoms with Crippen LogP contribution in [0.4, 0.5) is 4.79 Å². The summed E-state index contributed by atoms with van der Waals surface area (Å²) in [4.78, 5) is 18.9. The van der Waals surface area contributed by atoms with Crippen LogP contribution >= 0.6 is 0 Å². The summed E-state index contributed by atoms with van der Waals surface area (Å²) < 4.78 is 13.5. The number of ether oxygens (including phenoxy) is 2.